The van der Waals surface area contributed by atoms with Crippen molar-refractivity contribution >= 4 is 21.8 Å². The van der Waals surface area contributed by atoms with E-state index in [0.29, 0.717) is 71.8 Å². The number of ether oxygens (including phenoxy) is 2. The maximum Gasteiger partial charge on any atom is 0.416 e. The van der Waals surface area contributed by atoms with E-state index < -0.39 is 17.3 Å². The number of rotatable bonds is 7. The molecule has 2 aromatic carbocycles. The second-order valence-electron chi connectivity index (χ2n) is 8.54. The number of aliphatic hydroxyl groups is 1. The maximum absolute atomic E-state index is 13.0. The number of fused-ring (bicyclic) bond motifs is 1. The zero-order valence-corrected chi connectivity index (χ0v) is 19.9. The van der Waals surface area contributed by atoms with Crippen molar-refractivity contribution in [2.75, 3.05) is 26.2 Å². The molecule has 11 heteroatoms. The lowest BCUT2D eigenvalue weighted by Crippen LogP contribution is -2.44. The Balaban J connectivity index is 1.09. The molecular weight excluding hydrogens is 493 g/mol. The number of aromatic nitrogens is 3. The Labute approximate surface area is 209 Å². The fraction of sp³-hybridized carbons (Fsp3) is 0.320. The van der Waals surface area contributed by atoms with Gasteiger partial charge in [-0.25, -0.2) is 9.97 Å². The number of alkyl halides is 3. The van der Waals surface area contributed by atoms with Crippen molar-refractivity contribution < 1.29 is 27.8 Å². The Bertz CT molecular complexity index is 1290. The summed E-state index contributed by atoms with van der Waals surface area (Å²) in [6.45, 7) is 2.21. The first-order valence-corrected chi connectivity index (χ1v) is 12.2. The van der Waals surface area contributed by atoms with Crippen LogP contribution in [0.4, 0.5) is 13.2 Å². The molecule has 2 aromatic heterocycles. The lowest BCUT2D eigenvalue weighted by Gasteiger charge is -2.38. The first-order valence-electron chi connectivity index (χ1n) is 11.4. The molecule has 0 spiro atoms. The quantitative estimate of drug-likeness (QED) is 0.359. The van der Waals surface area contributed by atoms with Gasteiger partial charge in [-0.15, -0.1) is 0 Å². The standard InChI is InChI=1S/C25H23F3N4O3S/c26-25(27,28)18-3-1-2-17(16-18)24(33)8-12-32(13-9-24)14-15-34-19-4-6-20(7-5-19)35-23-31-21-22(36-23)30-11-10-29-21/h1-7,10-11,16,33H,8-9,12-15H2. The van der Waals surface area contributed by atoms with Crippen molar-refractivity contribution in [3.63, 3.8) is 0 Å². The largest absolute Gasteiger partial charge is 0.492 e. The molecule has 3 heterocycles. The van der Waals surface area contributed by atoms with Gasteiger partial charge >= 0.3 is 6.18 Å². The highest BCUT2D eigenvalue weighted by atomic mass is 32.1. The molecule has 1 aliphatic heterocycles. The Morgan fingerprint density at radius 2 is 1.72 bits per heavy atom. The number of hydrogen-bond donors (Lipinski definition) is 1. The molecule has 1 N–H and O–H groups in total. The summed E-state index contributed by atoms with van der Waals surface area (Å²) < 4.78 is 50.7. The zero-order valence-electron chi connectivity index (χ0n) is 19.1. The molecule has 1 aliphatic rings. The average Bonchev–Trinajstić information content (AvgIpc) is 3.28. The van der Waals surface area contributed by atoms with Gasteiger partial charge < -0.3 is 14.6 Å². The number of benzene rings is 2. The molecular formula is C25H23F3N4O3S. The van der Waals surface area contributed by atoms with Gasteiger partial charge in [0.05, 0.1) is 11.2 Å². The lowest BCUT2D eigenvalue weighted by molar-refractivity contribution is -0.137. The Hall–Kier alpha value is -3.28. The van der Waals surface area contributed by atoms with Crippen molar-refractivity contribution in [3.05, 3.63) is 72.1 Å². The van der Waals surface area contributed by atoms with E-state index in [-0.39, 0.29) is 0 Å². The van der Waals surface area contributed by atoms with Crippen molar-refractivity contribution in [1.82, 2.24) is 19.9 Å². The van der Waals surface area contributed by atoms with Crippen LogP contribution in [0, 0.1) is 0 Å². The van der Waals surface area contributed by atoms with Gasteiger partial charge in [0.25, 0.3) is 5.19 Å². The minimum atomic E-state index is -4.43. The van der Waals surface area contributed by atoms with Crippen molar-refractivity contribution in [2.24, 2.45) is 0 Å². The van der Waals surface area contributed by atoms with Crippen molar-refractivity contribution in [3.8, 4) is 16.7 Å². The third-order valence-corrected chi connectivity index (χ3v) is 6.97. The third-order valence-electron chi connectivity index (χ3n) is 6.14. The molecule has 4 aromatic rings. The van der Waals surface area contributed by atoms with Gasteiger partial charge in [0.15, 0.2) is 10.5 Å². The highest BCUT2D eigenvalue weighted by Gasteiger charge is 2.37. The second-order valence-corrected chi connectivity index (χ2v) is 9.48. The number of hydrogen-bond acceptors (Lipinski definition) is 8. The van der Waals surface area contributed by atoms with Crippen LogP contribution < -0.4 is 9.47 Å². The SMILES string of the molecule is OC1(c2cccc(C(F)(F)F)c2)CCN(CCOc2ccc(Oc3nc4nccnc4s3)cc2)CC1. The van der Waals surface area contributed by atoms with Crippen LogP contribution in [0.2, 0.25) is 0 Å². The molecule has 1 fully saturated rings. The summed E-state index contributed by atoms with van der Waals surface area (Å²) in [6, 6.07) is 12.2. The van der Waals surface area contributed by atoms with Gasteiger partial charge in [-0.05, 0) is 54.8 Å². The summed E-state index contributed by atoms with van der Waals surface area (Å²) >= 11 is 1.31. The molecule has 36 heavy (non-hydrogen) atoms. The maximum atomic E-state index is 13.0. The van der Waals surface area contributed by atoms with Gasteiger partial charge in [0.2, 0.25) is 0 Å². The number of halogens is 3. The van der Waals surface area contributed by atoms with Crippen LogP contribution in [0.5, 0.6) is 16.7 Å². The lowest BCUT2D eigenvalue weighted by atomic mass is 9.84. The van der Waals surface area contributed by atoms with E-state index in [4.69, 9.17) is 9.47 Å². The third kappa shape index (κ3) is 5.58. The molecule has 5 rings (SSSR count). The van der Waals surface area contributed by atoms with Crippen molar-refractivity contribution in [1.29, 1.82) is 0 Å². The first-order chi connectivity index (χ1) is 17.3. The van der Waals surface area contributed by atoms with E-state index in [1.165, 1.54) is 17.4 Å². The van der Waals surface area contributed by atoms with Crippen LogP contribution in [0.25, 0.3) is 10.5 Å². The molecule has 0 saturated carbocycles. The van der Waals surface area contributed by atoms with Crippen LogP contribution >= 0.6 is 11.3 Å². The van der Waals surface area contributed by atoms with Gasteiger partial charge in [0, 0.05) is 32.0 Å². The smallest absolute Gasteiger partial charge is 0.416 e. The van der Waals surface area contributed by atoms with Gasteiger partial charge in [-0.3, -0.25) is 4.90 Å². The van der Waals surface area contributed by atoms with Crippen LogP contribution in [0.1, 0.15) is 24.0 Å². The summed E-state index contributed by atoms with van der Waals surface area (Å²) in [7, 11) is 0. The predicted molar refractivity (Wildman–Crippen MR) is 128 cm³/mol. The van der Waals surface area contributed by atoms with E-state index in [2.05, 4.69) is 19.9 Å². The van der Waals surface area contributed by atoms with Crippen LogP contribution in [0.3, 0.4) is 0 Å². The number of likely N-dealkylation sites (tertiary alicyclic amines) is 1. The molecule has 0 radical (unpaired) electrons. The first kappa shape index (κ1) is 24.4. The zero-order chi connectivity index (χ0) is 25.2. The van der Waals surface area contributed by atoms with E-state index in [9.17, 15) is 18.3 Å². The minimum Gasteiger partial charge on any atom is -0.492 e. The average molecular weight is 517 g/mol. The molecule has 0 amide bonds. The highest BCUT2D eigenvalue weighted by molar-refractivity contribution is 7.19. The summed E-state index contributed by atoms with van der Waals surface area (Å²) in [6.07, 6.45) is -0.525. The molecule has 0 atom stereocenters. The summed E-state index contributed by atoms with van der Waals surface area (Å²) in [5.41, 5.74) is -1.14. The molecule has 188 valence electrons. The fourth-order valence-electron chi connectivity index (χ4n) is 4.12. The van der Waals surface area contributed by atoms with Crippen LogP contribution in [0.15, 0.2) is 60.9 Å². The molecule has 7 nitrogen and oxygen atoms in total. The monoisotopic (exact) mass is 516 g/mol. The van der Waals surface area contributed by atoms with Crippen molar-refractivity contribution in [2.45, 2.75) is 24.6 Å². The summed E-state index contributed by atoms with van der Waals surface area (Å²) in [4.78, 5) is 15.5. The second kappa shape index (κ2) is 10.00. The number of thiazole rings is 1. The normalized spacial score (nSPS) is 16.2. The molecule has 0 aliphatic carbocycles. The summed E-state index contributed by atoms with van der Waals surface area (Å²) in [5, 5.41) is 11.4. The van der Waals surface area contributed by atoms with E-state index in [1.54, 1.807) is 30.6 Å². The Morgan fingerprint density at radius 3 is 2.44 bits per heavy atom. The van der Waals surface area contributed by atoms with E-state index in [0.717, 1.165) is 12.1 Å². The summed E-state index contributed by atoms with van der Waals surface area (Å²) in [5.74, 6) is 1.30. The van der Waals surface area contributed by atoms with E-state index in [1.807, 2.05) is 12.1 Å². The number of nitrogens with zero attached hydrogens (tertiary/aromatic N) is 4. The molecule has 0 bridgehead atoms. The minimum absolute atomic E-state index is 0.314. The Morgan fingerprint density at radius 1 is 1.00 bits per heavy atom. The highest BCUT2D eigenvalue weighted by Crippen LogP contribution is 2.37. The number of piperidine rings is 1. The topological polar surface area (TPSA) is 80.6 Å². The van der Waals surface area contributed by atoms with Crippen LogP contribution in [-0.2, 0) is 11.8 Å². The van der Waals surface area contributed by atoms with Gasteiger partial charge in [0.1, 0.15) is 18.1 Å². The van der Waals surface area contributed by atoms with E-state index >= 15 is 0 Å². The van der Waals surface area contributed by atoms with Gasteiger partial charge in [-0.2, -0.15) is 18.2 Å². The van der Waals surface area contributed by atoms with Gasteiger partial charge in [-0.1, -0.05) is 23.5 Å². The molecule has 0 unspecified atom stereocenters. The predicted octanol–water partition coefficient (Wildman–Crippen LogP) is 5.26. The molecule has 1 saturated heterocycles. The van der Waals surface area contributed by atoms with Crippen LogP contribution in [-0.4, -0.2) is 51.2 Å². The fourth-order valence-corrected chi connectivity index (χ4v) is 4.86. The Kier molecular flexibility index (Phi) is 6.78.